The number of likely N-dealkylation sites (tertiary alicyclic amines) is 1. The summed E-state index contributed by atoms with van der Waals surface area (Å²) in [5.41, 5.74) is 7.47. The van der Waals surface area contributed by atoms with Crippen molar-refractivity contribution < 1.29 is 27.9 Å². The van der Waals surface area contributed by atoms with Crippen molar-refractivity contribution in [1.29, 1.82) is 0 Å². The van der Waals surface area contributed by atoms with E-state index in [9.17, 15) is 27.9 Å². The number of aliphatic hydroxyl groups excluding tert-OH is 1. The Labute approximate surface area is 321 Å². The number of carbonyl (C=O) groups excluding carboxylic acids is 3. The molecule has 8 N–H and O–H groups in total. The Bertz CT molecular complexity index is 1530. The number of aromatic nitrogens is 2. The average Bonchev–Trinajstić information content (AvgIpc) is 3.66. The fourth-order valence-electron chi connectivity index (χ4n) is 7.51. The molecule has 14 nitrogen and oxygen atoms in total. The molecule has 15 heteroatoms. The van der Waals surface area contributed by atoms with E-state index in [1.54, 1.807) is 11.1 Å². The minimum Gasteiger partial charge on any atom is -0.391 e. The monoisotopic (exact) mass is 772 g/mol. The van der Waals surface area contributed by atoms with Crippen molar-refractivity contribution in [2.45, 2.75) is 128 Å². The highest BCUT2D eigenvalue weighted by atomic mass is 32.2. The number of hydrogen-bond acceptors (Lipinski definition) is 8. The average molecular weight is 773 g/mol. The molecule has 4 rings (SSSR count). The van der Waals surface area contributed by atoms with Gasteiger partial charge in [0.25, 0.3) is 0 Å². The summed E-state index contributed by atoms with van der Waals surface area (Å²) in [5, 5.41) is 20.8. The number of amides is 4. The quantitative estimate of drug-likeness (QED) is 0.106. The fraction of sp³-hybridized carbons (Fsp3) is 0.692. The van der Waals surface area contributed by atoms with Gasteiger partial charge in [-0.25, -0.2) is 22.9 Å². The maximum absolute atomic E-state index is 14.3. The normalized spacial score (nSPS) is 18.7. The molecule has 54 heavy (non-hydrogen) atoms. The van der Waals surface area contributed by atoms with E-state index in [-0.39, 0.29) is 55.5 Å². The molecule has 0 spiro atoms. The van der Waals surface area contributed by atoms with Crippen molar-refractivity contribution in [2.24, 2.45) is 23.5 Å². The van der Waals surface area contributed by atoms with Gasteiger partial charge in [0, 0.05) is 44.7 Å². The zero-order valence-electron chi connectivity index (χ0n) is 32.3. The molecular weight excluding hydrogens is 709 g/mol. The van der Waals surface area contributed by atoms with Crippen LogP contribution < -0.4 is 26.4 Å². The molecule has 0 unspecified atom stereocenters. The predicted molar refractivity (Wildman–Crippen MR) is 210 cm³/mol. The molecule has 4 amide bonds. The number of nitrogens with one attached hydrogen (secondary N) is 5. The highest BCUT2D eigenvalue weighted by Gasteiger charge is 2.34. The number of aliphatic hydroxyl groups is 1. The smallest absolute Gasteiger partial charge is 0.318 e. The van der Waals surface area contributed by atoms with E-state index in [2.05, 4.69) is 30.6 Å². The van der Waals surface area contributed by atoms with E-state index >= 15 is 0 Å². The van der Waals surface area contributed by atoms with Gasteiger partial charge >= 0.3 is 6.03 Å². The number of hydrogen-bond donors (Lipinski definition) is 7. The second-order valence-electron chi connectivity index (χ2n) is 15.7. The zero-order chi connectivity index (χ0) is 39.1. The summed E-state index contributed by atoms with van der Waals surface area (Å²) in [7, 11) is -3.43. The number of sulfonamides is 1. The SMILES string of the molecule is CCCS(=O)(=O)NC[C@@H](C[C@H](O)[C@H](CC1CCCCC1)NC(=O)[C@H](Cc1c[nH]cn1)NC(=O)[C@H](Cc1ccccc1)NC(=O)N1CCC(N)CC1)C(C)C. The van der Waals surface area contributed by atoms with Gasteiger partial charge in [-0.2, -0.15) is 0 Å². The van der Waals surface area contributed by atoms with Crippen LogP contribution in [-0.2, 0) is 32.5 Å². The van der Waals surface area contributed by atoms with Crippen molar-refractivity contribution in [3.05, 3.63) is 54.1 Å². The molecule has 1 aliphatic heterocycles. The van der Waals surface area contributed by atoms with Gasteiger partial charge in [-0.1, -0.05) is 83.2 Å². The van der Waals surface area contributed by atoms with Crippen LogP contribution in [0.1, 0.15) is 96.2 Å². The number of nitrogens with zero attached hydrogens (tertiary/aromatic N) is 2. The molecule has 2 aromatic rings. The molecule has 1 saturated carbocycles. The lowest BCUT2D eigenvalue weighted by molar-refractivity contribution is -0.131. The van der Waals surface area contributed by atoms with Crippen molar-refractivity contribution in [2.75, 3.05) is 25.4 Å². The number of benzene rings is 1. The topological polar surface area (TPSA) is 212 Å². The summed E-state index contributed by atoms with van der Waals surface area (Å²) in [6, 6.07) is 6.40. The second kappa shape index (κ2) is 21.5. The summed E-state index contributed by atoms with van der Waals surface area (Å²) in [6.07, 6.45) is 10.6. The zero-order valence-corrected chi connectivity index (χ0v) is 33.2. The first kappa shape index (κ1) is 43.2. The van der Waals surface area contributed by atoms with Crippen LogP contribution in [0.2, 0.25) is 0 Å². The van der Waals surface area contributed by atoms with E-state index < -0.39 is 46.1 Å². The highest BCUT2D eigenvalue weighted by Crippen LogP contribution is 2.30. The first-order chi connectivity index (χ1) is 25.8. The van der Waals surface area contributed by atoms with Gasteiger partial charge in [-0.3, -0.25) is 9.59 Å². The Kier molecular flexibility index (Phi) is 17.2. The van der Waals surface area contributed by atoms with Crippen molar-refractivity contribution in [3.8, 4) is 0 Å². The van der Waals surface area contributed by atoms with Crippen LogP contribution >= 0.6 is 0 Å². The Morgan fingerprint density at radius 1 is 0.963 bits per heavy atom. The van der Waals surface area contributed by atoms with Crippen LogP contribution in [0.5, 0.6) is 0 Å². The highest BCUT2D eigenvalue weighted by molar-refractivity contribution is 7.89. The molecule has 0 bridgehead atoms. The number of carbonyl (C=O) groups is 3. The number of imidazole rings is 1. The van der Waals surface area contributed by atoms with Crippen molar-refractivity contribution in [1.82, 2.24) is 35.5 Å². The Hall–Kier alpha value is -3.53. The first-order valence-corrected chi connectivity index (χ1v) is 21.6. The van der Waals surface area contributed by atoms with Crippen molar-refractivity contribution >= 4 is 27.9 Å². The number of piperidine rings is 1. The summed E-state index contributed by atoms with van der Waals surface area (Å²) < 4.78 is 27.7. The van der Waals surface area contributed by atoms with E-state index in [1.165, 1.54) is 6.33 Å². The fourth-order valence-corrected chi connectivity index (χ4v) is 8.66. The first-order valence-electron chi connectivity index (χ1n) is 19.9. The minimum absolute atomic E-state index is 0.0344. The van der Waals surface area contributed by atoms with Crippen LogP contribution in [-0.4, -0.2) is 102 Å². The lowest BCUT2D eigenvalue weighted by Gasteiger charge is -2.34. The van der Waals surface area contributed by atoms with E-state index in [0.29, 0.717) is 50.4 Å². The third-order valence-corrected chi connectivity index (χ3v) is 12.5. The molecule has 1 aromatic heterocycles. The molecule has 5 atom stereocenters. The largest absolute Gasteiger partial charge is 0.391 e. The van der Waals surface area contributed by atoms with Gasteiger partial charge in [0.1, 0.15) is 12.1 Å². The second-order valence-corrected chi connectivity index (χ2v) is 17.6. The lowest BCUT2D eigenvalue weighted by Crippen LogP contribution is -2.59. The third kappa shape index (κ3) is 14.3. The lowest BCUT2D eigenvalue weighted by atomic mass is 9.81. The standard InChI is InChI=1S/C39H64N8O6S/c1-4-19-54(52,53)43-24-30(27(2)3)22-36(48)33(20-28-11-7-5-8-12-28)44-38(50)35(23-32-25-41-26-42-32)45-37(49)34(21-29-13-9-6-10-14-29)46-39(51)47-17-15-31(40)16-18-47/h6,9-10,13-14,25-28,30-31,33-36,43,48H,4-5,7-8,11-12,15-24,40H2,1-3H3,(H,41,42)(H,44,50)(H,45,49)(H,46,51)/t30-,33+,34+,35+,36+/m1/s1. The third-order valence-electron chi connectivity index (χ3n) is 11.0. The Morgan fingerprint density at radius 2 is 1.63 bits per heavy atom. The summed E-state index contributed by atoms with van der Waals surface area (Å²) in [5.74, 6) is -0.735. The number of urea groups is 1. The molecular formula is C39H64N8O6S. The maximum Gasteiger partial charge on any atom is 0.318 e. The van der Waals surface area contributed by atoms with E-state index in [0.717, 1.165) is 37.7 Å². The van der Waals surface area contributed by atoms with Crippen LogP contribution in [0, 0.1) is 17.8 Å². The molecule has 1 aliphatic carbocycles. The van der Waals surface area contributed by atoms with E-state index in [1.807, 2.05) is 51.1 Å². The maximum atomic E-state index is 14.3. The molecule has 1 aromatic carbocycles. The summed E-state index contributed by atoms with van der Waals surface area (Å²) in [6.45, 7) is 6.99. The van der Waals surface area contributed by atoms with Gasteiger partial charge in [0.2, 0.25) is 21.8 Å². The number of rotatable bonds is 20. The predicted octanol–water partition coefficient (Wildman–Crippen LogP) is 2.99. The minimum atomic E-state index is -3.43. The van der Waals surface area contributed by atoms with Gasteiger partial charge < -0.3 is 36.7 Å². The van der Waals surface area contributed by atoms with Crippen LogP contribution in [0.15, 0.2) is 42.9 Å². The summed E-state index contributed by atoms with van der Waals surface area (Å²) in [4.78, 5) is 50.7. The van der Waals surface area contributed by atoms with Gasteiger partial charge in [0.15, 0.2) is 0 Å². The molecule has 2 aliphatic rings. The Balaban J connectivity index is 1.54. The van der Waals surface area contributed by atoms with Gasteiger partial charge in [-0.05, 0) is 55.4 Å². The van der Waals surface area contributed by atoms with E-state index in [4.69, 9.17) is 5.73 Å². The molecule has 0 radical (unpaired) electrons. The van der Waals surface area contributed by atoms with Crippen molar-refractivity contribution in [3.63, 3.8) is 0 Å². The van der Waals surface area contributed by atoms with Gasteiger partial charge in [0.05, 0.1) is 29.9 Å². The molecule has 2 fully saturated rings. The molecule has 2 heterocycles. The number of H-pyrrole nitrogens is 1. The van der Waals surface area contributed by atoms with Crippen LogP contribution in [0.3, 0.4) is 0 Å². The van der Waals surface area contributed by atoms with Crippen LogP contribution in [0.4, 0.5) is 4.79 Å². The molecule has 302 valence electrons. The number of aromatic amines is 1. The van der Waals surface area contributed by atoms with Gasteiger partial charge in [-0.15, -0.1) is 0 Å². The molecule has 1 saturated heterocycles. The summed E-state index contributed by atoms with van der Waals surface area (Å²) >= 11 is 0. The Morgan fingerprint density at radius 3 is 2.26 bits per heavy atom. The number of nitrogens with two attached hydrogens (primary N) is 1. The van der Waals surface area contributed by atoms with Crippen LogP contribution in [0.25, 0.3) is 0 Å².